The van der Waals surface area contributed by atoms with E-state index in [1.165, 1.54) is 41.9 Å². The van der Waals surface area contributed by atoms with Crippen LogP contribution in [-0.2, 0) is 12.8 Å². The maximum Gasteiger partial charge on any atom is 0.113 e. The predicted molar refractivity (Wildman–Crippen MR) is 73.9 cm³/mol. The fraction of sp³-hybridized carbons (Fsp3) is 0.438. The molecule has 1 aliphatic heterocycles. The molecule has 0 amide bonds. The summed E-state index contributed by atoms with van der Waals surface area (Å²) >= 11 is 0. The summed E-state index contributed by atoms with van der Waals surface area (Å²) in [5.41, 5.74) is 4.17. The molecule has 3 rings (SSSR count). The Morgan fingerprint density at radius 2 is 2.17 bits per heavy atom. The molecule has 0 saturated carbocycles. The lowest BCUT2D eigenvalue weighted by Crippen LogP contribution is -2.17. The summed E-state index contributed by atoms with van der Waals surface area (Å²) in [5.74, 6) is 1.23. The minimum atomic E-state index is 0.607. The Morgan fingerprint density at radius 1 is 1.33 bits per heavy atom. The van der Waals surface area contributed by atoms with Gasteiger partial charge in [0.2, 0.25) is 0 Å². The third-order valence-corrected chi connectivity index (χ3v) is 4.06. The third kappa shape index (κ3) is 1.96. The summed E-state index contributed by atoms with van der Waals surface area (Å²) in [7, 11) is 0. The molecule has 0 radical (unpaired) electrons. The van der Waals surface area contributed by atoms with E-state index in [1.807, 2.05) is 0 Å². The van der Waals surface area contributed by atoms with E-state index in [1.54, 1.807) is 0 Å². The molecule has 2 heteroatoms. The molecule has 2 aromatic rings. The molecule has 0 saturated heterocycles. The average Bonchev–Trinajstić information content (AvgIpc) is 2.77. The Labute approximate surface area is 109 Å². The first-order chi connectivity index (χ1) is 8.75. The SMILES string of the molecule is Cc1ccccc1Cc1ncc2n1C(C)CCC2. The molecule has 0 N–H and O–H groups in total. The van der Waals surface area contributed by atoms with Gasteiger partial charge in [-0.05, 0) is 44.2 Å². The summed E-state index contributed by atoms with van der Waals surface area (Å²) in [6.45, 7) is 4.49. The molecule has 1 atom stereocenters. The van der Waals surface area contributed by atoms with E-state index in [0.29, 0.717) is 6.04 Å². The zero-order valence-electron chi connectivity index (χ0n) is 11.2. The van der Waals surface area contributed by atoms with Gasteiger partial charge in [0, 0.05) is 24.4 Å². The highest BCUT2D eigenvalue weighted by molar-refractivity contribution is 5.29. The molecule has 18 heavy (non-hydrogen) atoms. The normalized spacial score (nSPS) is 18.7. The predicted octanol–water partition coefficient (Wildman–Crippen LogP) is 3.68. The summed E-state index contributed by atoms with van der Waals surface area (Å²) in [6, 6.07) is 9.22. The first kappa shape index (κ1) is 11.5. The van der Waals surface area contributed by atoms with Gasteiger partial charge in [0.25, 0.3) is 0 Å². The van der Waals surface area contributed by atoms with Crippen molar-refractivity contribution in [3.05, 3.63) is 53.1 Å². The van der Waals surface area contributed by atoms with Crippen molar-refractivity contribution in [3.63, 3.8) is 0 Å². The summed E-state index contributed by atoms with van der Waals surface area (Å²) < 4.78 is 2.45. The summed E-state index contributed by atoms with van der Waals surface area (Å²) in [4.78, 5) is 4.65. The Bertz CT molecular complexity index is 554. The van der Waals surface area contributed by atoms with Crippen LogP contribution in [0.2, 0.25) is 0 Å². The number of hydrogen-bond donors (Lipinski definition) is 0. The van der Waals surface area contributed by atoms with Crippen molar-refractivity contribution in [1.29, 1.82) is 0 Å². The number of nitrogens with zero attached hydrogens (tertiary/aromatic N) is 2. The molecule has 2 nitrogen and oxygen atoms in total. The second kappa shape index (κ2) is 4.60. The minimum Gasteiger partial charge on any atom is -0.329 e. The lowest BCUT2D eigenvalue weighted by molar-refractivity contribution is 0.421. The van der Waals surface area contributed by atoms with Crippen LogP contribution in [0.15, 0.2) is 30.5 Å². The topological polar surface area (TPSA) is 17.8 Å². The van der Waals surface area contributed by atoms with Gasteiger partial charge in [-0.2, -0.15) is 0 Å². The van der Waals surface area contributed by atoms with Gasteiger partial charge >= 0.3 is 0 Å². The molecule has 1 aromatic heterocycles. The van der Waals surface area contributed by atoms with Crippen LogP contribution in [0.25, 0.3) is 0 Å². The smallest absolute Gasteiger partial charge is 0.113 e. The average molecular weight is 240 g/mol. The molecule has 0 fully saturated rings. The van der Waals surface area contributed by atoms with E-state index in [0.717, 1.165) is 6.42 Å². The van der Waals surface area contributed by atoms with E-state index in [9.17, 15) is 0 Å². The van der Waals surface area contributed by atoms with Crippen molar-refractivity contribution < 1.29 is 0 Å². The van der Waals surface area contributed by atoms with Crippen molar-refractivity contribution in [2.75, 3.05) is 0 Å². The number of hydrogen-bond acceptors (Lipinski definition) is 1. The van der Waals surface area contributed by atoms with Gasteiger partial charge in [-0.15, -0.1) is 0 Å². The molecule has 0 spiro atoms. The van der Waals surface area contributed by atoms with Gasteiger partial charge in [-0.25, -0.2) is 4.98 Å². The molecule has 2 heterocycles. The number of imidazole rings is 1. The number of rotatable bonds is 2. The first-order valence-electron chi connectivity index (χ1n) is 6.85. The molecule has 94 valence electrons. The van der Waals surface area contributed by atoms with Crippen molar-refractivity contribution in [3.8, 4) is 0 Å². The quantitative estimate of drug-likeness (QED) is 0.783. The fourth-order valence-corrected chi connectivity index (χ4v) is 2.98. The molecule has 1 aromatic carbocycles. The van der Waals surface area contributed by atoms with Crippen molar-refractivity contribution in [1.82, 2.24) is 9.55 Å². The Kier molecular flexibility index (Phi) is 2.94. The van der Waals surface area contributed by atoms with Crippen molar-refractivity contribution >= 4 is 0 Å². The van der Waals surface area contributed by atoms with Crippen LogP contribution in [0.3, 0.4) is 0 Å². The van der Waals surface area contributed by atoms with Crippen LogP contribution < -0.4 is 0 Å². The van der Waals surface area contributed by atoms with Gasteiger partial charge in [0.1, 0.15) is 5.82 Å². The van der Waals surface area contributed by atoms with Crippen LogP contribution in [-0.4, -0.2) is 9.55 Å². The van der Waals surface area contributed by atoms with E-state index >= 15 is 0 Å². The van der Waals surface area contributed by atoms with Crippen LogP contribution in [0.4, 0.5) is 0 Å². The Hall–Kier alpha value is -1.57. The van der Waals surface area contributed by atoms with Crippen LogP contribution >= 0.6 is 0 Å². The fourth-order valence-electron chi connectivity index (χ4n) is 2.98. The second-order valence-electron chi connectivity index (χ2n) is 5.38. The van der Waals surface area contributed by atoms with E-state index in [-0.39, 0.29) is 0 Å². The van der Waals surface area contributed by atoms with Gasteiger partial charge in [0.05, 0.1) is 0 Å². The highest BCUT2D eigenvalue weighted by Crippen LogP contribution is 2.27. The minimum absolute atomic E-state index is 0.607. The Morgan fingerprint density at radius 3 is 3.00 bits per heavy atom. The molecule has 1 unspecified atom stereocenters. The molecule has 0 aliphatic carbocycles. The van der Waals surface area contributed by atoms with Gasteiger partial charge in [-0.3, -0.25) is 0 Å². The molecule has 0 bridgehead atoms. The largest absolute Gasteiger partial charge is 0.329 e. The maximum atomic E-state index is 4.65. The molecular weight excluding hydrogens is 220 g/mol. The van der Waals surface area contributed by atoms with Crippen molar-refractivity contribution in [2.45, 2.75) is 45.6 Å². The highest BCUT2D eigenvalue weighted by atomic mass is 15.1. The Balaban J connectivity index is 1.95. The monoisotopic (exact) mass is 240 g/mol. The summed E-state index contributed by atoms with van der Waals surface area (Å²) in [5, 5.41) is 0. The standard InChI is InChI=1S/C16H20N2/c1-12-6-3-4-8-14(12)10-16-17-11-15-9-5-7-13(2)18(15)16/h3-4,6,8,11,13H,5,7,9-10H2,1-2H3. The molecular formula is C16H20N2. The van der Waals surface area contributed by atoms with Crippen LogP contribution in [0, 0.1) is 6.92 Å². The number of fused-ring (bicyclic) bond motifs is 1. The van der Waals surface area contributed by atoms with Crippen molar-refractivity contribution in [2.24, 2.45) is 0 Å². The number of aryl methyl sites for hydroxylation is 2. The maximum absolute atomic E-state index is 4.65. The van der Waals surface area contributed by atoms with E-state index < -0.39 is 0 Å². The second-order valence-corrected chi connectivity index (χ2v) is 5.38. The van der Waals surface area contributed by atoms with Gasteiger partial charge in [-0.1, -0.05) is 24.3 Å². The lowest BCUT2D eigenvalue weighted by atomic mass is 10.0. The highest BCUT2D eigenvalue weighted by Gasteiger charge is 2.19. The zero-order valence-corrected chi connectivity index (χ0v) is 11.2. The zero-order chi connectivity index (χ0) is 12.5. The van der Waals surface area contributed by atoms with Gasteiger partial charge in [0.15, 0.2) is 0 Å². The lowest BCUT2D eigenvalue weighted by Gasteiger charge is -2.24. The van der Waals surface area contributed by atoms with Crippen LogP contribution in [0.1, 0.15) is 48.5 Å². The number of aromatic nitrogens is 2. The van der Waals surface area contributed by atoms with Crippen LogP contribution in [0.5, 0.6) is 0 Å². The van der Waals surface area contributed by atoms with E-state index in [2.05, 4.69) is 53.9 Å². The first-order valence-corrected chi connectivity index (χ1v) is 6.85. The third-order valence-electron chi connectivity index (χ3n) is 4.06. The van der Waals surface area contributed by atoms with Gasteiger partial charge < -0.3 is 4.57 Å². The molecule has 1 aliphatic rings. The summed E-state index contributed by atoms with van der Waals surface area (Å²) in [6.07, 6.45) is 6.80. The van der Waals surface area contributed by atoms with E-state index in [4.69, 9.17) is 0 Å². The number of benzene rings is 1.